The first kappa shape index (κ1) is 18.8. The van der Waals surface area contributed by atoms with Gasteiger partial charge >= 0.3 is 0 Å². The lowest BCUT2D eigenvalue weighted by molar-refractivity contribution is -0.132. The van der Waals surface area contributed by atoms with E-state index in [0.29, 0.717) is 30.6 Å². The molecule has 3 rings (SSSR count). The molecule has 6 heteroatoms. The Morgan fingerprint density at radius 1 is 1.44 bits per heavy atom. The lowest BCUT2D eigenvalue weighted by Crippen LogP contribution is -2.42. The predicted molar refractivity (Wildman–Crippen MR) is 100 cm³/mol. The van der Waals surface area contributed by atoms with Crippen LogP contribution >= 0.6 is 11.8 Å². The van der Waals surface area contributed by atoms with Crippen LogP contribution in [0.5, 0.6) is 0 Å². The molecule has 0 radical (unpaired) electrons. The number of ether oxygens (including phenoxy) is 1. The second-order valence-electron chi connectivity index (χ2n) is 7.50. The first-order valence-electron chi connectivity index (χ1n) is 9.42. The van der Waals surface area contributed by atoms with Crippen LogP contribution in [0.2, 0.25) is 0 Å². The number of thioether (sulfide) groups is 1. The van der Waals surface area contributed by atoms with Crippen LogP contribution in [-0.4, -0.2) is 60.1 Å². The van der Waals surface area contributed by atoms with E-state index in [9.17, 15) is 9.59 Å². The van der Waals surface area contributed by atoms with Crippen molar-refractivity contribution in [2.24, 2.45) is 11.8 Å². The Hall–Kier alpha value is -1.01. The van der Waals surface area contributed by atoms with E-state index in [1.165, 1.54) is 11.8 Å². The zero-order valence-electron chi connectivity index (χ0n) is 15.3. The first-order valence-corrected chi connectivity index (χ1v) is 10.8. The summed E-state index contributed by atoms with van der Waals surface area (Å²) in [5, 5.41) is 3.06. The molecule has 0 aromatic heterocycles. The molecule has 2 amide bonds. The van der Waals surface area contributed by atoms with Crippen LogP contribution in [0.4, 0.5) is 0 Å². The van der Waals surface area contributed by atoms with E-state index < -0.39 is 0 Å². The number of hydrogen-bond donors (Lipinski definition) is 1. The van der Waals surface area contributed by atoms with Gasteiger partial charge in [0.2, 0.25) is 11.8 Å². The van der Waals surface area contributed by atoms with Crippen LogP contribution in [0.25, 0.3) is 0 Å². The molecular formula is C19H30N2O3S. The standard InChI is InChI=1S/C19H30N2O3S/c1-3-4-5-6-7-18(23)21-11-15-14(10-20-17(22)12-25-2)16-8-9-19(15,13-21)24-16/h3-4,14-16H,5-13H2,1-2H3,(H,20,22)/b4-3+/t14-,15+,16+,19+/m0/s1. The maximum Gasteiger partial charge on any atom is 0.229 e. The molecular weight excluding hydrogens is 336 g/mol. The molecule has 1 spiro atoms. The van der Waals surface area contributed by atoms with E-state index in [2.05, 4.69) is 11.4 Å². The Kier molecular flexibility index (Phi) is 6.10. The number of likely N-dealkylation sites (tertiary alicyclic amines) is 1. The maximum atomic E-state index is 12.5. The molecule has 3 heterocycles. The summed E-state index contributed by atoms with van der Waals surface area (Å²) >= 11 is 1.54. The second kappa shape index (κ2) is 8.12. The molecule has 1 N–H and O–H groups in total. The Labute approximate surface area is 154 Å². The first-order chi connectivity index (χ1) is 12.1. The van der Waals surface area contributed by atoms with Crippen LogP contribution in [0.3, 0.4) is 0 Å². The topological polar surface area (TPSA) is 58.6 Å². The SMILES string of the molecule is C/C=C/CCCC(=O)N1C[C@@H]2[C@H](CNC(=O)CSC)[C@H]3CC[C@]2(C1)O3. The highest BCUT2D eigenvalue weighted by atomic mass is 32.2. The Balaban J connectivity index is 1.55. The lowest BCUT2D eigenvalue weighted by Gasteiger charge is -2.29. The minimum atomic E-state index is -0.140. The van der Waals surface area contributed by atoms with Gasteiger partial charge in [0, 0.05) is 31.3 Å². The molecule has 3 aliphatic rings. The van der Waals surface area contributed by atoms with Crippen LogP contribution in [0.15, 0.2) is 12.2 Å². The average molecular weight is 367 g/mol. The summed E-state index contributed by atoms with van der Waals surface area (Å²) in [6, 6.07) is 0. The number of rotatable bonds is 8. The number of fused-ring (bicyclic) bond motifs is 1. The summed E-state index contributed by atoms with van der Waals surface area (Å²) in [6.45, 7) is 4.22. The van der Waals surface area contributed by atoms with Gasteiger partial charge in [-0.3, -0.25) is 9.59 Å². The molecule has 0 saturated carbocycles. The van der Waals surface area contributed by atoms with Crippen LogP contribution in [0.1, 0.15) is 39.0 Å². The van der Waals surface area contributed by atoms with Gasteiger partial charge in [0.25, 0.3) is 0 Å². The van der Waals surface area contributed by atoms with Crippen molar-refractivity contribution in [2.45, 2.75) is 50.7 Å². The highest BCUT2D eigenvalue weighted by Crippen LogP contribution is 2.54. The largest absolute Gasteiger partial charge is 0.369 e. The molecule has 0 aromatic carbocycles. The minimum Gasteiger partial charge on any atom is -0.369 e. The van der Waals surface area contributed by atoms with E-state index in [0.717, 1.165) is 38.8 Å². The second-order valence-corrected chi connectivity index (χ2v) is 8.37. The summed E-state index contributed by atoms with van der Waals surface area (Å²) in [7, 11) is 0. The number of amides is 2. The molecule has 0 aromatic rings. The maximum absolute atomic E-state index is 12.5. The van der Waals surface area contributed by atoms with Gasteiger partial charge in [-0.1, -0.05) is 12.2 Å². The van der Waals surface area contributed by atoms with Crippen molar-refractivity contribution in [2.75, 3.05) is 31.6 Å². The highest BCUT2D eigenvalue weighted by Gasteiger charge is 2.63. The Morgan fingerprint density at radius 3 is 3.04 bits per heavy atom. The number of nitrogens with zero attached hydrogens (tertiary/aromatic N) is 1. The normalized spacial score (nSPS) is 33.2. The molecule has 3 saturated heterocycles. The molecule has 4 atom stereocenters. The Morgan fingerprint density at radius 2 is 2.28 bits per heavy atom. The van der Waals surface area contributed by atoms with Gasteiger partial charge in [0.05, 0.1) is 24.0 Å². The van der Waals surface area contributed by atoms with E-state index in [1.807, 2.05) is 24.2 Å². The number of unbranched alkanes of at least 4 members (excludes halogenated alkanes) is 1. The summed E-state index contributed by atoms with van der Waals surface area (Å²) in [5.74, 6) is 1.58. The van der Waals surface area contributed by atoms with Gasteiger partial charge in [0.1, 0.15) is 0 Å². The zero-order chi connectivity index (χ0) is 17.9. The van der Waals surface area contributed by atoms with Crippen molar-refractivity contribution in [3.8, 4) is 0 Å². The fourth-order valence-corrected chi connectivity index (χ4v) is 5.13. The van der Waals surface area contributed by atoms with Gasteiger partial charge in [-0.25, -0.2) is 0 Å². The summed E-state index contributed by atoms with van der Waals surface area (Å²) in [6.07, 6.45) is 10.9. The third-order valence-corrected chi connectivity index (χ3v) is 6.49. The van der Waals surface area contributed by atoms with Crippen LogP contribution in [0, 0.1) is 11.8 Å². The zero-order valence-corrected chi connectivity index (χ0v) is 16.1. The third-order valence-electron chi connectivity index (χ3n) is 5.94. The van der Waals surface area contributed by atoms with Crippen molar-refractivity contribution in [3.05, 3.63) is 12.2 Å². The molecule has 3 fully saturated rings. The van der Waals surface area contributed by atoms with Gasteiger partial charge in [-0.2, -0.15) is 11.8 Å². The number of allylic oxidation sites excluding steroid dienone is 2. The smallest absolute Gasteiger partial charge is 0.229 e. The summed E-state index contributed by atoms with van der Waals surface area (Å²) < 4.78 is 6.35. The molecule has 140 valence electrons. The lowest BCUT2D eigenvalue weighted by atomic mass is 9.73. The number of hydrogen-bond acceptors (Lipinski definition) is 4. The number of nitrogens with one attached hydrogen (secondary N) is 1. The van der Waals surface area contributed by atoms with Crippen molar-refractivity contribution >= 4 is 23.6 Å². The molecule has 0 aliphatic carbocycles. The van der Waals surface area contributed by atoms with Gasteiger partial charge in [-0.15, -0.1) is 0 Å². The van der Waals surface area contributed by atoms with E-state index >= 15 is 0 Å². The fourth-order valence-electron chi connectivity index (χ4n) is 4.76. The minimum absolute atomic E-state index is 0.0965. The highest BCUT2D eigenvalue weighted by molar-refractivity contribution is 7.99. The van der Waals surface area contributed by atoms with Gasteiger partial charge in [0.15, 0.2) is 0 Å². The summed E-state index contributed by atoms with van der Waals surface area (Å²) in [5.41, 5.74) is -0.140. The van der Waals surface area contributed by atoms with Crippen molar-refractivity contribution in [1.29, 1.82) is 0 Å². The molecule has 3 aliphatic heterocycles. The quantitative estimate of drug-likeness (QED) is 0.529. The number of carbonyl (C=O) groups is 2. The molecule has 2 bridgehead atoms. The summed E-state index contributed by atoms with van der Waals surface area (Å²) in [4.78, 5) is 26.4. The van der Waals surface area contributed by atoms with Crippen molar-refractivity contribution in [1.82, 2.24) is 10.2 Å². The monoisotopic (exact) mass is 366 g/mol. The molecule has 5 nitrogen and oxygen atoms in total. The van der Waals surface area contributed by atoms with E-state index in [-0.39, 0.29) is 23.5 Å². The predicted octanol–water partition coefficient (Wildman–Crippen LogP) is 2.22. The van der Waals surface area contributed by atoms with Gasteiger partial charge < -0.3 is 15.0 Å². The third kappa shape index (κ3) is 3.90. The van der Waals surface area contributed by atoms with Crippen LogP contribution in [-0.2, 0) is 14.3 Å². The Bertz CT molecular complexity index is 539. The molecule has 0 unspecified atom stereocenters. The van der Waals surface area contributed by atoms with E-state index in [1.54, 1.807) is 0 Å². The number of carbonyl (C=O) groups excluding carboxylic acids is 2. The van der Waals surface area contributed by atoms with Crippen LogP contribution < -0.4 is 5.32 Å². The van der Waals surface area contributed by atoms with Gasteiger partial charge in [-0.05, 0) is 38.9 Å². The van der Waals surface area contributed by atoms with Crippen molar-refractivity contribution < 1.29 is 14.3 Å². The van der Waals surface area contributed by atoms with E-state index in [4.69, 9.17) is 4.74 Å². The fraction of sp³-hybridized carbons (Fsp3) is 0.789. The molecule has 25 heavy (non-hydrogen) atoms. The van der Waals surface area contributed by atoms with Crippen molar-refractivity contribution in [3.63, 3.8) is 0 Å². The average Bonchev–Trinajstić information content (AvgIpc) is 3.25.